The number of nitrogens with zero attached hydrogens (tertiary/aromatic N) is 1. The van der Waals surface area contributed by atoms with Gasteiger partial charge in [-0.05, 0) is 0 Å². The molecule has 1 aromatic rings. The lowest BCUT2D eigenvalue weighted by Crippen LogP contribution is -2.05. The normalized spacial score (nSPS) is 23.2. The first-order chi connectivity index (χ1) is 6.59. The number of aromatic nitrogens is 1. The van der Waals surface area contributed by atoms with Crippen LogP contribution in [0.3, 0.4) is 0 Å². The van der Waals surface area contributed by atoms with Gasteiger partial charge in [-0.25, -0.2) is 8.78 Å². The fourth-order valence-electron chi connectivity index (χ4n) is 1.12. The minimum absolute atomic E-state index is 0.0106. The van der Waals surface area contributed by atoms with Gasteiger partial charge in [0.15, 0.2) is 0 Å². The molecule has 0 bridgehead atoms. The van der Waals surface area contributed by atoms with Gasteiger partial charge in [-0.3, -0.25) is 4.98 Å². The van der Waals surface area contributed by atoms with Crippen LogP contribution in [-0.2, 0) is 0 Å². The molecule has 1 unspecified atom stereocenters. The molecule has 2 rings (SSSR count). The van der Waals surface area contributed by atoms with Gasteiger partial charge in [0.05, 0.1) is 12.5 Å². The Kier molecular flexibility index (Phi) is 2.31. The van der Waals surface area contributed by atoms with E-state index in [0.29, 0.717) is 10.8 Å². The lowest BCUT2D eigenvalue weighted by molar-refractivity contribution is 0.0856. The standard InChI is InChI=1S/C9H8ClF2NO/c10-7-4-13-2-1-8(7)14-5-6-3-9(6,11)12/h1-2,4,6H,3,5H2. The number of ether oxygens (including phenoxy) is 1. The summed E-state index contributed by atoms with van der Waals surface area (Å²) in [5.41, 5.74) is 0. The van der Waals surface area contributed by atoms with Crippen molar-refractivity contribution in [3.05, 3.63) is 23.5 Å². The molecule has 0 amide bonds. The molecule has 76 valence electrons. The van der Waals surface area contributed by atoms with E-state index in [9.17, 15) is 8.78 Å². The third-order valence-corrected chi connectivity index (χ3v) is 2.41. The zero-order valence-electron chi connectivity index (χ0n) is 7.21. The van der Waals surface area contributed by atoms with Gasteiger partial charge in [0, 0.05) is 24.9 Å². The maximum absolute atomic E-state index is 12.5. The van der Waals surface area contributed by atoms with Crippen molar-refractivity contribution in [1.29, 1.82) is 0 Å². The summed E-state index contributed by atoms with van der Waals surface area (Å²) < 4.78 is 30.1. The quantitative estimate of drug-likeness (QED) is 0.780. The van der Waals surface area contributed by atoms with Gasteiger partial charge >= 0.3 is 0 Å². The van der Waals surface area contributed by atoms with E-state index in [1.807, 2.05) is 0 Å². The van der Waals surface area contributed by atoms with Crippen molar-refractivity contribution >= 4 is 11.6 Å². The van der Waals surface area contributed by atoms with Gasteiger partial charge in [-0.2, -0.15) is 0 Å². The summed E-state index contributed by atoms with van der Waals surface area (Å²) in [6, 6.07) is 1.56. The van der Waals surface area contributed by atoms with Crippen molar-refractivity contribution in [3.8, 4) is 5.75 Å². The Balaban J connectivity index is 1.90. The van der Waals surface area contributed by atoms with Crippen LogP contribution in [-0.4, -0.2) is 17.5 Å². The Morgan fingerprint density at radius 3 is 2.93 bits per heavy atom. The molecule has 0 aliphatic heterocycles. The van der Waals surface area contributed by atoms with E-state index in [1.165, 1.54) is 12.4 Å². The van der Waals surface area contributed by atoms with E-state index in [0.717, 1.165) is 0 Å². The monoisotopic (exact) mass is 219 g/mol. The number of halogens is 3. The molecule has 1 fully saturated rings. The number of alkyl halides is 2. The molecule has 1 aromatic heterocycles. The van der Waals surface area contributed by atoms with E-state index < -0.39 is 11.8 Å². The number of hydrogen-bond donors (Lipinski definition) is 0. The van der Waals surface area contributed by atoms with E-state index in [4.69, 9.17) is 16.3 Å². The van der Waals surface area contributed by atoms with E-state index in [-0.39, 0.29) is 13.0 Å². The summed E-state index contributed by atoms with van der Waals surface area (Å²) >= 11 is 5.72. The molecule has 0 saturated heterocycles. The Labute approximate surface area is 84.9 Å². The molecule has 1 heterocycles. The maximum Gasteiger partial charge on any atom is 0.255 e. The zero-order chi connectivity index (χ0) is 10.2. The predicted molar refractivity (Wildman–Crippen MR) is 47.8 cm³/mol. The molecule has 1 saturated carbocycles. The van der Waals surface area contributed by atoms with Crippen LogP contribution in [0.4, 0.5) is 8.78 Å². The molecule has 0 N–H and O–H groups in total. The van der Waals surface area contributed by atoms with Crippen molar-refractivity contribution in [2.45, 2.75) is 12.3 Å². The molecule has 1 aliphatic carbocycles. The van der Waals surface area contributed by atoms with Crippen molar-refractivity contribution in [1.82, 2.24) is 4.98 Å². The molecule has 5 heteroatoms. The first-order valence-electron chi connectivity index (χ1n) is 4.20. The summed E-state index contributed by atoms with van der Waals surface area (Å²) in [6.07, 6.45) is 2.84. The highest BCUT2D eigenvalue weighted by Crippen LogP contribution is 2.48. The predicted octanol–water partition coefficient (Wildman–Crippen LogP) is 2.77. The first-order valence-corrected chi connectivity index (χ1v) is 4.57. The summed E-state index contributed by atoms with van der Waals surface area (Å²) in [6.45, 7) is 0.0106. The van der Waals surface area contributed by atoms with Crippen LogP contribution in [0.5, 0.6) is 5.75 Å². The van der Waals surface area contributed by atoms with Gasteiger partial charge in [0.1, 0.15) is 10.8 Å². The number of rotatable bonds is 3. The van der Waals surface area contributed by atoms with Gasteiger partial charge < -0.3 is 4.74 Å². The Morgan fingerprint density at radius 1 is 1.64 bits per heavy atom. The minimum atomic E-state index is -2.54. The first kappa shape index (κ1) is 9.65. The topological polar surface area (TPSA) is 22.1 Å². The third-order valence-electron chi connectivity index (χ3n) is 2.13. The van der Waals surface area contributed by atoms with E-state index >= 15 is 0 Å². The molecule has 0 spiro atoms. The van der Waals surface area contributed by atoms with Crippen LogP contribution in [0.15, 0.2) is 18.5 Å². The van der Waals surface area contributed by atoms with E-state index in [1.54, 1.807) is 6.07 Å². The highest BCUT2D eigenvalue weighted by Gasteiger charge is 2.57. The third kappa shape index (κ3) is 1.95. The van der Waals surface area contributed by atoms with Crippen molar-refractivity contribution < 1.29 is 13.5 Å². The molecule has 2 nitrogen and oxygen atoms in total. The maximum atomic E-state index is 12.5. The van der Waals surface area contributed by atoms with Gasteiger partial charge in [-0.1, -0.05) is 11.6 Å². The van der Waals surface area contributed by atoms with E-state index in [2.05, 4.69) is 4.98 Å². The number of pyridine rings is 1. The van der Waals surface area contributed by atoms with Crippen LogP contribution in [0.25, 0.3) is 0 Å². The lowest BCUT2D eigenvalue weighted by atomic mass is 10.4. The SMILES string of the molecule is FC1(F)CC1COc1ccncc1Cl. The second kappa shape index (κ2) is 3.35. The van der Waals surface area contributed by atoms with Crippen molar-refractivity contribution in [2.24, 2.45) is 5.92 Å². The Morgan fingerprint density at radius 2 is 2.36 bits per heavy atom. The van der Waals surface area contributed by atoms with Crippen molar-refractivity contribution in [2.75, 3.05) is 6.61 Å². The van der Waals surface area contributed by atoms with Gasteiger partial charge in [0.2, 0.25) is 0 Å². The summed E-state index contributed by atoms with van der Waals surface area (Å²) in [7, 11) is 0. The van der Waals surface area contributed by atoms with Crippen LogP contribution in [0, 0.1) is 5.92 Å². The fourth-order valence-corrected chi connectivity index (χ4v) is 1.29. The second-order valence-electron chi connectivity index (χ2n) is 3.28. The Bertz CT molecular complexity index is 345. The second-order valence-corrected chi connectivity index (χ2v) is 3.69. The smallest absolute Gasteiger partial charge is 0.255 e. The van der Waals surface area contributed by atoms with Crippen LogP contribution in [0.1, 0.15) is 6.42 Å². The molecular formula is C9H8ClF2NO. The number of hydrogen-bond acceptors (Lipinski definition) is 2. The molecule has 1 atom stereocenters. The summed E-state index contributed by atoms with van der Waals surface area (Å²) in [4.78, 5) is 3.76. The van der Waals surface area contributed by atoms with Crippen LogP contribution < -0.4 is 4.74 Å². The van der Waals surface area contributed by atoms with Gasteiger partial charge in [0.25, 0.3) is 5.92 Å². The van der Waals surface area contributed by atoms with Crippen LogP contribution in [0.2, 0.25) is 5.02 Å². The highest BCUT2D eigenvalue weighted by atomic mass is 35.5. The van der Waals surface area contributed by atoms with Gasteiger partial charge in [-0.15, -0.1) is 0 Å². The summed E-state index contributed by atoms with van der Waals surface area (Å²) in [5.74, 6) is -2.80. The minimum Gasteiger partial charge on any atom is -0.491 e. The average molecular weight is 220 g/mol. The molecule has 14 heavy (non-hydrogen) atoms. The molecular weight excluding hydrogens is 212 g/mol. The average Bonchev–Trinajstić information content (AvgIpc) is 2.73. The molecule has 0 radical (unpaired) electrons. The molecule has 1 aliphatic rings. The molecule has 0 aromatic carbocycles. The Hall–Kier alpha value is -0.900. The fraction of sp³-hybridized carbons (Fsp3) is 0.444. The highest BCUT2D eigenvalue weighted by molar-refractivity contribution is 6.31. The largest absolute Gasteiger partial charge is 0.491 e. The zero-order valence-corrected chi connectivity index (χ0v) is 7.97. The van der Waals surface area contributed by atoms with Crippen molar-refractivity contribution in [3.63, 3.8) is 0 Å². The van der Waals surface area contributed by atoms with Crippen LogP contribution >= 0.6 is 11.6 Å². The lowest BCUT2D eigenvalue weighted by Gasteiger charge is -2.05. The summed E-state index contributed by atoms with van der Waals surface area (Å²) in [5, 5.41) is 0.344.